The van der Waals surface area contributed by atoms with Crippen LogP contribution in [0.3, 0.4) is 0 Å². The van der Waals surface area contributed by atoms with Gasteiger partial charge in [0.05, 0.1) is 5.69 Å². The maximum atomic E-state index is 13.2. The zero-order valence-electron chi connectivity index (χ0n) is 23.9. The van der Waals surface area contributed by atoms with Crippen LogP contribution in [0.25, 0.3) is 0 Å². The van der Waals surface area contributed by atoms with Gasteiger partial charge in [-0.25, -0.2) is 9.59 Å². The van der Waals surface area contributed by atoms with E-state index in [9.17, 15) is 40.7 Å². The number of piperidine rings is 1. The van der Waals surface area contributed by atoms with Crippen molar-refractivity contribution in [3.8, 4) is 11.5 Å². The third kappa shape index (κ3) is 10.9. The molecule has 1 amide bonds. The Morgan fingerprint density at radius 2 is 1.53 bits per heavy atom. The van der Waals surface area contributed by atoms with Crippen LogP contribution >= 0.6 is 23.2 Å². The largest absolute Gasteiger partial charge is 0.491 e. The van der Waals surface area contributed by atoms with E-state index >= 15 is 0 Å². The Balaban J connectivity index is 1.75. The summed E-state index contributed by atoms with van der Waals surface area (Å²) < 4.78 is 92.4. The average molecular weight is 688 g/mol. The Labute approximate surface area is 264 Å². The molecule has 3 rings (SSSR count). The molecule has 17 heteroatoms. The molecule has 1 aliphatic heterocycles. The molecule has 0 aliphatic carbocycles. The first kappa shape index (κ1) is 36.2. The summed E-state index contributed by atoms with van der Waals surface area (Å²) in [5.41, 5.74) is -1.14. The van der Waals surface area contributed by atoms with E-state index in [-0.39, 0.29) is 18.3 Å². The zero-order chi connectivity index (χ0) is 33.6. The van der Waals surface area contributed by atoms with Crippen LogP contribution in [-0.4, -0.2) is 73.0 Å². The number of amides is 1. The van der Waals surface area contributed by atoms with Crippen molar-refractivity contribution in [1.82, 2.24) is 10.2 Å². The minimum absolute atomic E-state index is 0.168. The number of hydrogen-bond acceptors (Lipinski definition) is 8. The molecule has 0 spiro atoms. The summed E-state index contributed by atoms with van der Waals surface area (Å²) in [6.45, 7) is 3.11. The fourth-order valence-corrected chi connectivity index (χ4v) is 4.71. The molecule has 0 bridgehead atoms. The number of nitrogens with one attached hydrogen (secondary N) is 2. The number of ether oxygens (including phenoxy) is 3. The Hall–Kier alpha value is -3.27. The zero-order valence-corrected chi connectivity index (χ0v) is 25.4. The number of anilines is 1. The smallest absolute Gasteiger partial charge is 0.485 e. The van der Waals surface area contributed by atoms with Crippen molar-refractivity contribution >= 4 is 46.7 Å². The molecule has 0 saturated carbocycles. The first-order valence-electron chi connectivity index (χ1n) is 13.4. The Morgan fingerprint density at radius 3 is 2.09 bits per heavy atom. The van der Waals surface area contributed by atoms with Crippen LogP contribution in [0.15, 0.2) is 36.4 Å². The SMILES string of the molecule is CC(=O)Nc1ccc(OC(=O)C(F)(F)F)c(Cl)c1OC[C@](C)(CNC1CCN(Cc2ccc(Cl)cc2)CC1)OC(=O)C(F)(F)F. The summed E-state index contributed by atoms with van der Waals surface area (Å²) in [7, 11) is 0. The standard InChI is InChI=1S/C28H29Cl2F6N3O6/c1-16(40)38-20-7-8-21(44-24(41)27(31,32)33)22(30)23(20)43-15-26(2,45-25(42)28(34,35)36)14-37-19-9-11-39(12-10-19)13-17-3-5-18(29)6-4-17/h3-8,19,37H,9-15H2,1-2H3,(H,38,40)/t26-/m0/s1. The second kappa shape index (κ2) is 14.9. The van der Waals surface area contributed by atoms with Gasteiger partial charge in [-0.3, -0.25) is 9.69 Å². The van der Waals surface area contributed by atoms with Crippen molar-refractivity contribution in [2.45, 2.75) is 57.2 Å². The Kier molecular flexibility index (Phi) is 12.0. The summed E-state index contributed by atoms with van der Waals surface area (Å²) in [6, 6.07) is 9.09. The number of carbonyl (C=O) groups excluding carboxylic acids is 3. The highest BCUT2D eigenvalue weighted by Crippen LogP contribution is 2.41. The quantitative estimate of drug-likeness (QED) is 0.171. The van der Waals surface area contributed by atoms with Gasteiger partial charge in [0.2, 0.25) is 5.91 Å². The number of benzene rings is 2. The second-order valence-electron chi connectivity index (χ2n) is 10.5. The summed E-state index contributed by atoms with van der Waals surface area (Å²) in [4.78, 5) is 37.1. The molecule has 1 saturated heterocycles. The lowest BCUT2D eigenvalue weighted by molar-refractivity contribution is -0.214. The van der Waals surface area contributed by atoms with Crippen molar-refractivity contribution in [2.75, 3.05) is 31.6 Å². The number of halogens is 8. The molecule has 248 valence electrons. The van der Waals surface area contributed by atoms with Crippen LogP contribution in [-0.2, 0) is 25.7 Å². The van der Waals surface area contributed by atoms with Gasteiger partial charge in [-0.1, -0.05) is 35.3 Å². The fraction of sp³-hybridized carbons (Fsp3) is 0.464. The van der Waals surface area contributed by atoms with Gasteiger partial charge >= 0.3 is 24.3 Å². The van der Waals surface area contributed by atoms with Gasteiger partial charge in [0, 0.05) is 31.1 Å². The minimum atomic E-state index is -5.37. The van der Waals surface area contributed by atoms with Crippen molar-refractivity contribution in [3.05, 3.63) is 52.0 Å². The first-order chi connectivity index (χ1) is 20.9. The number of likely N-dealkylation sites (tertiary alicyclic amines) is 1. The molecular formula is C28H29Cl2F6N3O6. The van der Waals surface area contributed by atoms with E-state index in [2.05, 4.69) is 20.3 Å². The van der Waals surface area contributed by atoms with Gasteiger partial charge in [0.15, 0.2) is 17.1 Å². The third-order valence-corrected chi connectivity index (χ3v) is 7.18. The summed E-state index contributed by atoms with van der Waals surface area (Å²) in [5.74, 6) is -7.11. The molecule has 2 N–H and O–H groups in total. The number of alkyl halides is 6. The van der Waals surface area contributed by atoms with Crippen LogP contribution in [0.5, 0.6) is 11.5 Å². The van der Waals surface area contributed by atoms with Crippen molar-refractivity contribution in [1.29, 1.82) is 0 Å². The van der Waals surface area contributed by atoms with E-state index in [1.165, 1.54) is 0 Å². The van der Waals surface area contributed by atoms with E-state index in [0.29, 0.717) is 37.5 Å². The van der Waals surface area contributed by atoms with Crippen molar-refractivity contribution < 1.29 is 54.9 Å². The maximum absolute atomic E-state index is 13.2. The molecule has 9 nitrogen and oxygen atoms in total. The Morgan fingerprint density at radius 1 is 0.933 bits per heavy atom. The number of nitrogens with zero attached hydrogens (tertiary/aromatic N) is 1. The lowest BCUT2D eigenvalue weighted by Crippen LogP contribution is -2.52. The third-order valence-electron chi connectivity index (χ3n) is 6.57. The van der Waals surface area contributed by atoms with E-state index < -0.39 is 58.9 Å². The number of carbonyl (C=O) groups is 3. The molecule has 0 radical (unpaired) electrons. The summed E-state index contributed by atoms with van der Waals surface area (Å²) in [5, 5.41) is 5.32. The monoisotopic (exact) mass is 687 g/mol. The van der Waals surface area contributed by atoms with E-state index in [1.54, 1.807) is 12.1 Å². The second-order valence-corrected chi connectivity index (χ2v) is 11.3. The van der Waals surface area contributed by atoms with Crippen LogP contribution in [0.2, 0.25) is 10.0 Å². The normalized spacial score (nSPS) is 16.0. The highest BCUT2D eigenvalue weighted by molar-refractivity contribution is 6.34. The summed E-state index contributed by atoms with van der Waals surface area (Å²) in [6.07, 6.45) is -9.49. The molecule has 0 unspecified atom stereocenters. The molecule has 1 atom stereocenters. The van der Waals surface area contributed by atoms with Crippen molar-refractivity contribution in [3.63, 3.8) is 0 Å². The van der Waals surface area contributed by atoms with E-state index in [4.69, 9.17) is 32.7 Å². The van der Waals surface area contributed by atoms with Gasteiger partial charge in [-0.15, -0.1) is 0 Å². The Bertz CT molecular complexity index is 1370. The lowest BCUT2D eigenvalue weighted by atomic mass is 10.0. The van der Waals surface area contributed by atoms with Crippen LogP contribution < -0.4 is 20.1 Å². The molecule has 2 aromatic rings. The van der Waals surface area contributed by atoms with Gasteiger partial charge < -0.3 is 24.8 Å². The highest BCUT2D eigenvalue weighted by atomic mass is 35.5. The molecule has 1 fully saturated rings. The lowest BCUT2D eigenvalue weighted by Gasteiger charge is -2.36. The van der Waals surface area contributed by atoms with Crippen LogP contribution in [0.1, 0.15) is 32.3 Å². The molecule has 1 heterocycles. The van der Waals surface area contributed by atoms with E-state index in [1.807, 2.05) is 12.1 Å². The number of rotatable bonds is 11. The molecule has 1 aliphatic rings. The molecule has 0 aromatic heterocycles. The maximum Gasteiger partial charge on any atom is 0.491 e. The summed E-state index contributed by atoms with van der Waals surface area (Å²) >= 11 is 12.1. The predicted octanol–water partition coefficient (Wildman–Crippen LogP) is 5.92. The first-order valence-corrected chi connectivity index (χ1v) is 14.1. The molecule has 45 heavy (non-hydrogen) atoms. The van der Waals surface area contributed by atoms with Crippen molar-refractivity contribution in [2.24, 2.45) is 0 Å². The molecular weight excluding hydrogens is 659 g/mol. The van der Waals surface area contributed by atoms with Gasteiger partial charge in [0.25, 0.3) is 0 Å². The fourth-order valence-electron chi connectivity index (χ4n) is 4.33. The topological polar surface area (TPSA) is 106 Å². The van der Waals surface area contributed by atoms with Gasteiger partial charge in [-0.05, 0) is 62.7 Å². The van der Waals surface area contributed by atoms with Crippen LogP contribution in [0.4, 0.5) is 32.0 Å². The predicted molar refractivity (Wildman–Crippen MR) is 151 cm³/mol. The average Bonchev–Trinajstić information content (AvgIpc) is 2.94. The number of esters is 2. The van der Waals surface area contributed by atoms with Gasteiger partial charge in [0.1, 0.15) is 11.6 Å². The molecule has 2 aromatic carbocycles. The van der Waals surface area contributed by atoms with Gasteiger partial charge in [-0.2, -0.15) is 26.3 Å². The van der Waals surface area contributed by atoms with E-state index in [0.717, 1.165) is 31.5 Å². The van der Waals surface area contributed by atoms with Crippen LogP contribution in [0, 0.1) is 0 Å². The highest BCUT2D eigenvalue weighted by Gasteiger charge is 2.46. The minimum Gasteiger partial charge on any atom is -0.485 e. The number of hydrogen-bond donors (Lipinski definition) is 2.